The summed E-state index contributed by atoms with van der Waals surface area (Å²) >= 11 is 7.20. The zero-order valence-corrected chi connectivity index (χ0v) is 15.3. The maximum absolute atomic E-state index is 13.2. The Bertz CT molecular complexity index is 1110. The molecule has 2 N–H and O–H groups in total. The van der Waals surface area contributed by atoms with Crippen molar-refractivity contribution in [3.63, 3.8) is 0 Å². The van der Waals surface area contributed by atoms with Gasteiger partial charge in [-0.3, -0.25) is 0 Å². The lowest BCUT2D eigenvalue weighted by molar-refractivity contribution is 0.262. The monoisotopic (exact) mass is 398 g/mol. The SMILES string of the molecule is O=C(Nc1cccc(-c2nc3cccnc3s2)c1)Nc1ccc(F)c(Cl)c1. The third kappa shape index (κ3) is 3.89. The van der Waals surface area contributed by atoms with Crippen molar-refractivity contribution in [2.24, 2.45) is 0 Å². The van der Waals surface area contributed by atoms with E-state index in [0.29, 0.717) is 11.4 Å². The molecule has 4 aromatic rings. The molecule has 0 bridgehead atoms. The van der Waals surface area contributed by atoms with Crippen LogP contribution in [0.25, 0.3) is 20.9 Å². The molecule has 8 heteroatoms. The van der Waals surface area contributed by atoms with Crippen molar-refractivity contribution in [2.75, 3.05) is 10.6 Å². The standard InChI is InChI=1S/C19H12ClFN4OS/c20-14-10-13(6-7-15(14)21)24-19(26)23-12-4-1-3-11(9-12)17-25-16-5-2-8-22-18(16)27-17/h1-10H,(H2,23,24,26). The highest BCUT2D eigenvalue weighted by atomic mass is 35.5. The number of rotatable bonds is 3. The number of urea groups is 1. The fraction of sp³-hybridized carbons (Fsp3) is 0. The van der Waals surface area contributed by atoms with Crippen LogP contribution in [0.5, 0.6) is 0 Å². The number of halogens is 2. The van der Waals surface area contributed by atoms with Gasteiger partial charge in [-0.1, -0.05) is 35.1 Å². The first-order chi connectivity index (χ1) is 13.1. The lowest BCUT2D eigenvalue weighted by Crippen LogP contribution is -2.19. The van der Waals surface area contributed by atoms with Gasteiger partial charge in [0.05, 0.1) is 5.02 Å². The maximum atomic E-state index is 13.2. The van der Waals surface area contributed by atoms with Crippen molar-refractivity contribution in [3.8, 4) is 10.6 Å². The van der Waals surface area contributed by atoms with Gasteiger partial charge in [-0.25, -0.2) is 19.2 Å². The molecule has 2 aromatic heterocycles. The summed E-state index contributed by atoms with van der Waals surface area (Å²) in [5, 5.41) is 6.12. The molecule has 0 aliphatic heterocycles. The summed E-state index contributed by atoms with van der Waals surface area (Å²) in [5.41, 5.74) is 2.71. The van der Waals surface area contributed by atoms with Gasteiger partial charge in [-0.2, -0.15) is 0 Å². The van der Waals surface area contributed by atoms with Crippen LogP contribution in [-0.2, 0) is 0 Å². The largest absolute Gasteiger partial charge is 0.323 e. The minimum atomic E-state index is -0.541. The molecule has 2 amide bonds. The predicted molar refractivity (Wildman–Crippen MR) is 107 cm³/mol. The van der Waals surface area contributed by atoms with Crippen LogP contribution in [0.1, 0.15) is 0 Å². The Kier molecular flexibility index (Phi) is 4.70. The Morgan fingerprint density at radius 3 is 2.63 bits per heavy atom. The Labute approximate surface area is 162 Å². The van der Waals surface area contributed by atoms with Crippen LogP contribution < -0.4 is 10.6 Å². The van der Waals surface area contributed by atoms with Crippen LogP contribution in [-0.4, -0.2) is 16.0 Å². The van der Waals surface area contributed by atoms with E-state index in [9.17, 15) is 9.18 Å². The molecule has 0 radical (unpaired) electrons. The number of fused-ring (bicyclic) bond motifs is 1. The van der Waals surface area contributed by atoms with Crippen LogP contribution in [0.3, 0.4) is 0 Å². The number of benzene rings is 2. The third-order valence-electron chi connectivity index (χ3n) is 3.71. The van der Waals surface area contributed by atoms with Crippen molar-refractivity contribution < 1.29 is 9.18 Å². The summed E-state index contributed by atoms with van der Waals surface area (Å²) in [6.45, 7) is 0. The second kappa shape index (κ2) is 7.30. The van der Waals surface area contributed by atoms with Crippen LogP contribution in [0.2, 0.25) is 5.02 Å². The van der Waals surface area contributed by atoms with Gasteiger partial charge in [0.1, 0.15) is 21.2 Å². The van der Waals surface area contributed by atoms with Gasteiger partial charge in [0.2, 0.25) is 0 Å². The first-order valence-electron chi connectivity index (χ1n) is 7.93. The number of thiazole rings is 1. The number of aromatic nitrogens is 2. The number of anilines is 2. The number of nitrogens with one attached hydrogen (secondary N) is 2. The molecule has 2 heterocycles. The zero-order valence-electron chi connectivity index (χ0n) is 13.7. The van der Waals surface area contributed by atoms with E-state index in [2.05, 4.69) is 20.6 Å². The molecule has 0 spiro atoms. The van der Waals surface area contributed by atoms with Crippen LogP contribution in [0, 0.1) is 5.82 Å². The molecule has 134 valence electrons. The molecule has 0 saturated carbocycles. The summed E-state index contributed by atoms with van der Waals surface area (Å²) in [6.07, 6.45) is 1.73. The topological polar surface area (TPSA) is 66.9 Å². The third-order valence-corrected chi connectivity index (χ3v) is 5.03. The molecule has 5 nitrogen and oxygen atoms in total. The molecular weight excluding hydrogens is 387 g/mol. The molecular formula is C19H12ClFN4OS. The van der Waals surface area contributed by atoms with Crippen molar-refractivity contribution >= 4 is 50.7 Å². The maximum Gasteiger partial charge on any atom is 0.323 e. The fourth-order valence-electron chi connectivity index (χ4n) is 2.49. The second-order valence-electron chi connectivity index (χ2n) is 5.64. The number of nitrogens with zero attached hydrogens (tertiary/aromatic N) is 2. The fourth-order valence-corrected chi connectivity index (χ4v) is 3.57. The van der Waals surface area contributed by atoms with Crippen molar-refractivity contribution in [1.29, 1.82) is 0 Å². The summed E-state index contributed by atoms with van der Waals surface area (Å²) in [6, 6.07) is 14.6. The van der Waals surface area contributed by atoms with Gasteiger partial charge in [0, 0.05) is 23.1 Å². The average Bonchev–Trinajstić information content (AvgIpc) is 3.09. The molecule has 0 fully saturated rings. The molecule has 0 saturated heterocycles. The molecule has 4 rings (SSSR count). The molecule has 0 unspecified atom stereocenters. The molecule has 2 aromatic carbocycles. The average molecular weight is 399 g/mol. The van der Waals surface area contributed by atoms with Crippen LogP contribution in [0.4, 0.5) is 20.6 Å². The van der Waals surface area contributed by atoms with Crippen molar-refractivity contribution in [1.82, 2.24) is 9.97 Å². The lowest BCUT2D eigenvalue weighted by atomic mass is 10.2. The normalized spacial score (nSPS) is 10.7. The highest BCUT2D eigenvalue weighted by Crippen LogP contribution is 2.30. The van der Waals surface area contributed by atoms with Crippen molar-refractivity contribution in [3.05, 3.63) is 71.6 Å². The number of hydrogen-bond donors (Lipinski definition) is 2. The van der Waals surface area contributed by atoms with Gasteiger partial charge in [0.25, 0.3) is 0 Å². The minimum Gasteiger partial charge on any atom is -0.308 e. The Morgan fingerprint density at radius 1 is 1.04 bits per heavy atom. The number of amides is 2. The van der Waals surface area contributed by atoms with E-state index in [4.69, 9.17) is 11.6 Å². The Morgan fingerprint density at radius 2 is 1.85 bits per heavy atom. The van der Waals surface area contributed by atoms with Gasteiger partial charge in [-0.15, -0.1) is 0 Å². The van der Waals surface area contributed by atoms with E-state index in [-0.39, 0.29) is 5.02 Å². The highest BCUT2D eigenvalue weighted by Gasteiger charge is 2.09. The van der Waals surface area contributed by atoms with Gasteiger partial charge < -0.3 is 10.6 Å². The molecule has 0 aliphatic rings. The van der Waals surface area contributed by atoms with E-state index >= 15 is 0 Å². The van der Waals surface area contributed by atoms with Crippen LogP contribution >= 0.6 is 22.9 Å². The second-order valence-corrected chi connectivity index (χ2v) is 7.02. The quantitative estimate of drug-likeness (QED) is 0.458. The molecule has 27 heavy (non-hydrogen) atoms. The first kappa shape index (κ1) is 17.4. The van der Waals surface area contributed by atoms with Gasteiger partial charge in [0.15, 0.2) is 0 Å². The Hall–Kier alpha value is -3.03. The van der Waals surface area contributed by atoms with Gasteiger partial charge >= 0.3 is 6.03 Å². The number of carbonyl (C=O) groups excluding carboxylic acids is 1. The smallest absolute Gasteiger partial charge is 0.308 e. The number of pyridine rings is 1. The Balaban J connectivity index is 1.51. The first-order valence-corrected chi connectivity index (χ1v) is 9.13. The number of hydrogen-bond acceptors (Lipinski definition) is 4. The summed E-state index contributed by atoms with van der Waals surface area (Å²) in [4.78, 5) is 21.9. The predicted octanol–water partition coefficient (Wildman–Crippen LogP) is 5.79. The van der Waals surface area contributed by atoms with E-state index in [0.717, 1.165) is 20.9 Å². The van der Waals surface area contributed by atoms with E-state index in [1.807, 2.05) is 30.3 Å². The summed E-state index contributed by atoms with van der Waals surface area (Å²) in [7, 11) is 0. The van der Waals surface area contributed by atoms with E-state index in [1.165, 1.54) is 29.5 Å². The highest BCUT2D eigenvalue weighted by molar-refractivity contribution is 7.21. The number of carbonyl (C=O) groups is 1. The van der Waals surface area contributed by atoms with E-state index in [1.54, 1.807) is 12.3 Å². The van der Waals surface area contributed by atoms with Gasteiger partial charge in [-0.05, 0) is 42.5 Å². The zero-order chi connectivity index (χ0) is 18.8. The summed E-state index contributed by atoms with van der Waals surface area (Å²) in [5.74, 6) is -0.541. The van der Waals surface area contributed by atoms with Crippen LogP contribution in [0.15, 0.2) is 60.8 Å². The van der Waals surface area contributed by atoms with E-state index < -0.39 is 11.8 Å². The molecule has 0 atom stereocenters. The molecule has 0 aliphatic carbocycles. The van der Waals surface area contributed by atoms with Crippen molar-refractivity contribution in [2.45, 2.75) is 0 Å². The lowest BCUT2D eigenvalue weighted by Gasteiger charge is -2.09. The minimum absolute atomic E-state index is 0.0563. The summed E-state index contributed by atoms with van der Waals surface area (Å²) < 4.78 is 13.2.